The fraction of sp³-hybridized carbons (Fsp3) is 0.857. The Balaban J connectivity index is 2.66. The molecule has 1 fully saturated rings. The van der Waals surface area contributed by atoms with E-state index in [1.54, 1.807) is 20.8 Å². The average molecular weight is 306 g/mol. The van der Waals surface area contributed by atoms with E-state index in [4.69, 9.17) is 21.1 Å². The number of alkyl carbamates (subject to hydrolysis) is 1. The normalized spacial score (nSPS) is 23.6. The van der Waals surface area contributed by atoms with Crippen LogP contribution in [0.2, 0.25) is 0 Å². The first-order valence-corrected chi connectivity index (χ1v) is 7.59. The Morgan fingerprint density at radius 2 is 1.85 bits per heavy atom. The van der Waals surface area contributed by atoms with Crippen LogP contribution in [0.4, 0.5) is 4.79 Å². The lowest BCUT2D eigenvalue weighted by atomic mass is 9.95. The van der Waals surface area contributed by atoms with Crippen LogP contribution in [0.15, 0.2) is 0 Å². The Morgan fingerprint density at radius 1 is 1.20 bits per heavy atom. The van der Waals surface area contributed by atoms with Crippen molar-refractivity contribution in [3.05, 3.63) is 0 Å². The molecular formula is C14H24ClNO4. The van der Waals surface area contributed by atoms with Gasteiger partial charge in [0.05, 0.1) is 5.92 Å². The summed E-state index contributed by atoms with van der Waals surface area (Å²) in [6, 6.07) is -0.405. The van der Waals surface area contributed by atoms with Gasteiger partial charge in [-0.2, -0.15) is 0 Å². The van der Waals surface area contributed by atoms with Gasteiger partial charge in [-0.15, -0.1) is 0 Å². The summed E-state index contributed by atoms with van der Waals surface area (Å²) >= 11 is 5.44. The number of hydrogen-bond acceptors (Lipinski definition) is 4. The number of carbonyl (C=O) groups excluding carboxylic acids is 2. The van der Waals surface area contributed by atoms with E-state index in [2.05, 4.69) is 5.32 Å². The number of hydrogen-bond donors (Lipinski definition) is 1. The molecule has 0 saturated heterocycles. The highest BCUT2D eigenvalue weighted by Crippen LogP contribution is 2.25. The lowest BCUT2D eigenvalue weighted by molar-refractivity contribution is -0.147. The van der Waals surface area contributed by atoms with Gasteiger partial charge in [-0.1, -0.05) is 30.9 Å². The van der Waals surface area contributed by atoms with Crippen LogP contribution >= 0.6 is 11.6 Å². The van der Waals surface area contributed by atoms with Crippen LogP contribution in [0.5, 0.6) is 0 Å². The molecule has 0 spiro atoms. The van der Waals surface area contributed by atoms with E-state index in [-0.39, 0.29) is 24.0 Å². The highest BCUT2D eigenvalue weighted by molar-refractivity contribution is 6.17. The Hall–Kier alpha value is -0.970. The number of carbonyl (C=O) groups is 2. The minimum absolute atomic E-state index is 0.158. The molecule has 2 unspecified atom stereocenters. The van der Waals surface area contributed by atoms with E-state index in [9.17, 15) is 9.59 Å². The third kappa shape index (κ3) is 5.99. The predicted octanol–water partition coefficient (Wildman–Crippen LogP) is 3.20. The van der Waals surface area contributed by atoms with Gasteiger partial charge in [0.1, 0.15) is 5.60 Å². The second-order valence-corrected chi connectivity index (χ2v) is 6.29. The van der Waals surface area contributed by atoms with E-state index < -0.39 is 11.7 Å². The lowest BCUT2D eigenvalue weighted by Crippen LogP contribution is -2.45. The topological polar surface area (TPSA) is 64.6 Å². The highest BCUT2D eigenvalue weighted by atomic mass is 35.5. The van der Waals surface area contributed by atoms with Gasteiger partial charge in [-0.05, 0) is 33.6 Å². The molecule has 116 valence electrons. The van der Waals surface area contributed by atoms with Crippen molar-refractivity contribution in [3.63, 3.8) is 0 Å². The summed E-state index contributed by atoms with van der Waals surface area (Å²) in [5, 5.41) is 2.80. The maximum Gasteiger partial charge on any atom is 0.407 e. The van der Waals surface area contributed by atoms with E-state index in [1.807, 2.05) is 0 Å². The molecule has 1 aliphatic carbocycles. The molecule has 0 bridgehead atoms. The third-order valence-corrected chi connectivity index (χ3v) is 3.33. The van der Waals surface area contributed by atoms with Crippen LogP contribution in [0, 0.1) is 5.92 Å². The first kappa shape index (κ1) is 17.1. The number of alkyl halides is 1. The second kappa shape index (κ2) is 7.72. The zero-order valence-corrected chi connectivity index (χ0v) is 13.2. The Labute approximate surface area is 125 Å². The molecule has 0 radical (unpaired) electrons. The molecule has 0 aromatic rings. The Bertz CT molecular complexity index is 341. The predicted molar refractivity (Wildman–Crippen MR) is 76.5 cm³/mol. The molecule has 0 aromatic heterocycles. The van der Waals surface area contributed by atoms with Gasteiger partial charge in [0, 0.05) is 6.04 Å². The third-order valence-electron chi connectivity index (χ3n) is 3.22. The van der Waals surface area contributed by atoms with Crippen molar-refractivity contribution < 1.29 is 19.1 Å². The van der Waals surface area contributed by atoms with E-state index in [1.165, 1.54) is 0 Å². The minimum Gasteiger partial charge on any atom is -0.449 e. The summed E-state index contributed by atoms with van der Waals surface area (Å²) in [6.07, 6.45) is 3.95. The molecule has 6 heteroatoms. The van der Waals surface area contributed by atoms with Gasteiger partial charge in [-0.25, -0.2) is 4.79 Å². The van der Waals surface area contributed by atoms with Crippen molar-refractivity contribution >= 4 is 23.7 Å². The maximum absolute atomic E-state index is 11.9. The van der Waals surface area contributed by atoms with Gasteiger partial charge in [0.2, 0.25) is 0 Å². The summed E-state index contributed by atoms with van der Waals surface area (Å²) < 4.78 is 10.1. The highest BCUT2D eigenvalue weighted by Gasteiger charge is 2.33. The molecule has 0 heterocycles. The SMILES string of the molecule is CC(C)(C)OC(=O)NC1CCCCCC1C(=O)OCCl. The summed E-state index contributed by atoms with van der Waals surface area (Å²) in [4.78, 5) is 23.8. The number of ether oxygens (including phenoxy) is 2. The average Bonchev–Trinajstić information content (AvgIpc) is 2.52. The largest absolute Gasteiger partial charge is 0.449 e. The molecule has 2 atom stereocenters. The van der Waals surface area contributed by atoms with Crippen molar-refractivity contribution in [1.82, 2.24) is 5.32 Å². The van der Waals surface area contributed by atoms with E-state index in [0.29, 0.717) is 6.42 Å². The fourth-order valence-corrected chi connectivity index (χ4v) is 2.49. The minimum atomic E-state index is -0.555. The number of halogens is 1. The standard InChI is InChI=1S/C14H24ClNO4/c1-14(2,3)20-13(18)16-11-8-6-4-5-7-10(11)12(17)19-9-15/h10-11H,4-9H2,1-3H3,(H,16,18). The van der Waals surface area contributed by atoms with Crippen molar-refractivity contribution in [2.45, 2.75) is 64.5 Å². The molecule has 0 aliphatic heterocycles. The van der Waals surface area contributed by atoms with Crippen LogP contribution < -0.4 is 5.32 Å². The molecule has 1 saturated carbocycles. The summed E-state index contributed by atoms with van der Waals surface area (Å²) in [6.45, 7) is 5.41. The molecule has 20 heavy (non-hydrogen) atoms. The first-order chi connectivity index (χ1) is 9.33. The fourth-order valence-electron chi connectivity index (χ4n) is 2.38. The van der Waals surface area contributed by atoms with Crippen LogP contribution in [-0.4, -0.2) is 29.8 Å². The quantitative estimate of drug-likeness (QED) is 0.494. The zero-order chi connectivity index (χ0) is 15.2. The summed E-state index contributed by atoms with van der Waals surface area (Å²) in [5.74, 6) is -0.688. The number of nitrogens with one attached hydrogen (secondary N) is 1. The van der Waals surface area contributed by atoms with Crippen LogP contribution in [0.25, 0.3) is 0 Å². The van der Waals surface area contributed by atoms with E-state index in [0.717, 1.165) is 25.7 Å². The van der Waals surface area contributed by atoms with Gasteiger partial charge in [-0.3, -0.25) is 4.79 Å². The van der Waals surface area contributed by atoms with Crippen LogP contribution in [-0.2, 0) is 14.3 Å². The van der Waals surface area contributed by atoms with Gasteiger partial charge >= 0.3 is 12.1 Å². The van der Waals surface area contributed by atoms with Crippen molar-refractivity contribution in [1.29, 1.82) is 0 Å². The van der Waals surface area contributed by atoms with Crippen molar-refractivity contribution in [3.8, 4) is 0 Å². The molecule has 1 N–H and O–H groups in total. The van der Waals surface area contributed by atoms with E-state index >= 15 is 0 Å². The molecule has 0 aromatic carbocycles. The Morgan fingerprint density at radius 3 is 2.45 bits per heavy atom. The Kier molecular flexibility index (Phi) is 6.59. The maximum atomic E-state index is 11.9. The number of esters is 1. The molecule has 1 aliphatic rings. The van der Waals surface area contributed by atoms with Gasteiger partial charge in [0.25, 0.3) is 0 Å². The van der Waals surface area contributed by atoms with Gasteiger partial charge in [0.15, 0.2) is 6.07 Å². The van der Waals surface area contributed by atoms with Crippen molar-refractivity contribution in [2.75, 3.05) is 6.07 Å². The molecule has 5 nitrogen and oxygen atoms in total. The summed E-state index contributed by atoms with van der Waals surface area (Å²) in [5.41, 5.74) is -0.555. The molecule has 1 rings (SSSR count). The van der Waals surface area contributed by atoms with Crippen molar-refractivity contribution in [2.24, 2.45) is 5.92 Å². The van der Waals surface area contributed by atoms with Crippen LogP contribution in [0.3, 0.4) is 0 Å². The molecule has 1 amide bonds. The molecular weight excluding hydrogens is 282 g/mol. The number of amides is 1. The lowest BCUT2D eigenvalue weighted by Gasteiger charge is -2.26. The smallest absolute Gasteiger partial charge is 0.407 e. The van der Waals surface area contributed by atoms with Crippen LogP contribution in [0.1, 0.15) is 52.9 Å². The number of rotatable bonds is 3. The van der Waals surface area contributed by atoms with Gasteiger partial charge < -0.3 is 14.8 Å². The first-order valence-electron chi connectivity index (χ1n) is 7.05. The summed E-state index contributed by atoms with van der Waals surface area (Å²) in [7, 11) is 0. The zero-order valence-electron chi connectivity index (χ0n) is 12.4. The monoisotopic (exact) mass is 305 g/mol. The second-order valence-electron chi connectivity index (χ2n) is 6.07.